The molecule has 1 rings (SSSR count). The Kier molecular flexibility index (Phi) is 7.31. The largest absolute Gasteiger partial charge is 0.481 e. The number of aliphatic hydroxyl groups excluding tert-OH is 1. The van der Waals surface area contributed by atoms with Crippen LogP contribution in [0.25, 0.3) is 0 Å². The van der Waals surface area contributed by atoms with Gasteiger partial charge in [0.25, 0.3) is 0 Å². The first kappa shape index (κ1) is 20.8. The summed E-state index contributed by atoms with van der Waals surface area (Å²) in [5.41, 5.74) is 0. The molecule has 1 saturated heterocycles. The van der Waals surface area contributed by atoms with E-state index in [9.17, 15) is 29.4 Å². The van der Waals surface area contributed by atoms with E-state index in [1.807, 2.05) is 0 Å². The zero-order valence-electron chi connectivity index (χ0n) is 14.3. The minimum Gasteiger partial charge on any atom is -0.481 e. The van der Waals surface area contributed by atoms with Crippen LogP contribution in [0.15, 0.2) is 0 Å². The lowest BCUT2D eigenvalue weighted by Gasteiger charge is -2.45. The zero-order valence-corrected chi connectivity index (χ0v) is 14.3. The molecule has 0 aromatic heterocycles. The molecule has 1 aliphatic rings. The molecular formula is C15H22O10. The average molecular weight is 362 g/mol. The van der Waals surface area contributed by atoms with Crippen LogP contribution in [0.3, 0.4) is 0 Å². The molecule has 0 aromatic rings. The lowest BCUT2D eigenvalue weighted by atomic mass is 9.88. The van der Waals surface area contributed by atoms with Crippen LogP contribution in [0.2, 0.25) is 0 Å². The quantitative estimate of drug-likeness (QED) is 0.457. The van der Waals surface area contributed by atoms with E-state index >= 15 is 0 Å². The number of carbonyl (C=O) groups excluding carboxylic acids is 3. The highest BCUT2D eigenvalue weighted by Gasteiger charge is 2.53. The molecule has 0 radical (unpaired) electrons. The summed E-state index contributed by atoms with van der Waals surface area (Å²) in [7, 11) is 0. The van der Waals surface area contributed by atoms with Gasteiger partial charge in [-0.15, -0.1) is 0 Å². The molecule has 0 spiro atoms. The third kappa shape index (κ3) is 5.40. The van der Waals surface area contributed by atoms with E-state index in [4.69, 9.17) is 18.9 Å². The van der Waals surface area contributed by atoms with Gasteiger partial charge in [-0.05, 0) is 6.92 Å². The molecule has 0 saturated carbocycles. The predicted octanol–water partition coefficient (Wildman–Crippen LogP) is -0.738. The second-order valence-electron chi connectivity index (χ2n) is 5.67. The Balaban J connectivity index is 3.33. The highest BCUT2D eigenvalue weighted by atomic mass is 16.6. The maximum Gasteiger partial charge on any atom is 0.309 e. The molecule has 1 fully saturated rings. The number of carboxylic acids is 1. The fourth-order valence-corrected chi connectivity index (χ4v) is 2.62. The standard InChI is InChI=1S/C15H22O10/c1-6(15(20)21)11-13(23-8(3)18)14(24-9(4)19)12(22-7(2)17)10(5-16)25-11/h6,10-14,16H,5H2,1-4H3,(H,20,21). The van der Waals surface area contributed by atoms with Crippen LogP contribution in [-0.2, 0) is 38.1 Å². The van der Waals surface area contributed by atoms with E-state index in [1.54, 1.807) is 0 Å². The molecule has 1 aliphatic heterocycles. The summed E-state index contributed by atoms with van der Waals surface area (Å²) in [5, 5.41) is 18.8. The van der Waals surface area contributed by atoms with Gasteiger partial charge in [-0.25, -0.2) is 0 Å². The Morgan fingerprint density at radius 1 is 0.920 bits per heavy atom. The van der Waals surface area contributed by atoms with Gasteiger partial charge in [-0.3, -0.25) is 19.2 Å². The van der Waals surface area contributed by atoms with Crippen molar-refractivity contribution in [3.8, 4) is 0 Å². The van der Waals surface area contributed by atoms with Gasteiger partial charge in [0.05, 0.1) is 12.5 Å². The number of ether oxygens (including phenoxy) is 4. The smallest absolute Gasteiger partial charge is 0.309 e. The first-order valence-corrected chi connectivity index (χ1v) is 7.59. The third-order valence-electron chi connectivity index (χ3n) is 3.64. The van der Waals surface area contributed by atoms with Gasteiger partial charge in [-0.1, -0.05) is 0 Å². The van der Waals surface area contributed by atoms with Crippen molar-refractivity contribution in [1.29, 1.82) is 0 Å². The Bertz CT molecular complexity index is 530. The summed E-state index contributed by atoms with van der Waals surface area (Å²) in [5.74, 6) is -4.67. The van der Waals surface area contributed by atoms with Crippen LogP contribution in [0.5, 0.6) is 0 Å². The zero-order chi connectivity index (χ0) is 19.3. The van der Waals surface area contributed by atoms with Gasteiger partial charge in [0.15, 0.2) is 18.3 Å². The van der Waals surface area contributed by atoms with Crippen molar-refractivity contribution in [2.75, 3.05) is 6.61 Å². The van der Waals surface area contributed by atoms with E-state index in [1.165, 1.54) is 6.92 Å². The number of rotatable bonds is 6. The molecule has 2 N–H and O–H groups in total. The van der Waals surface area contributed by atoms with Crippen LogP contribution in [0, 0.1) is 5.92 Å². The fourth-order valence-electron chi connectivity index (χ4n) is 2.62. The normalized spacial score (nSPS) is 30.0. The molecule has 10 nitrogen and oxygen atoms in total. The van der Waals surface area contributed by atoms with Crippen molar-refractivity contribution in [2.45, 2.75) is 58.2 Å². The molecular weight excluding hydrogens is 340 g/mol. The maximum absolute atomic E-state index is 11.5. The molecule has 142 valence electrons. The maximum atomic E-state index is 11.5. The molecule has 0 bridgehead atoms. The van der Waals surface area contributed by atoms with Gasteiger partial charge in [0.2, 0.25) is 0 Å². The summed E-state index contributed by atoms with van der Waals surface area (Å²) in [6.07, 6.45) is -6.32. The van der Waals surface area contributed by atoms with Gasteiger partial charge < -0.3 is 29.2 Å². The van der Waals surface area contributed by atoms with E-state index < -0.39 is 66.9 Å². The third-order valence-corrected chi connectivity index (χ3v) is 3.64. The highest BCUT2D eigenvalue weighted by Crippen LogP contribution is 2.32. The van der Waals surface area contributed by atoms with Crippen LogP contribution in [0.1, 0.15) is 27.7 Å². The highest BCUT2D eigenvalue weighted by molar-refractivity contribution is 5.71. The van der Waals surface area contributed by atoms with E-state index in [2.05, 4.69) is 0 Å². The van der Waals surface area contributed by atoms with Gasteiger partial charge in [0.1, 0.15) is 12.2 Å². The molecule has 25 heavy (non-hydrogen) atoms. The summed E-state index contributed by atoms with van der Waals surface area (Å²) < 4.78 is 20.8. The number of hydrogen-bond acceptors (Lipinski definition) is 9. The predicted molar refractivity (Wildman–Crippen MR) is 79.2 cm³/mol. The molecule has 10 heteroatoms. The minimum absolute atomic E-state index is 0.634. The Hall–Kier alpha value is -2.20. The van der Waals surface area contributed by atoms with E-state index in [0.717, 1.165) is 20.8 Å². The van der Waals surface area contributed by atoms with Crippen molar-refractivity contribution in [3.63, 3.8) is 0 Å². The number of aliphatic carboxylic acids is 1. The Morgan fingerprint density at radius 2 is 1.36 bits per heavy atom. The Labute approximate surface area is 144 Å². The minimum atomic E-state index is -1.33. The second kappa shape index (κ2) is 8.77. The van der Waals surface area contributed by atoms with Gasteiger partial charge in [0, 0.05) is 20.8 Å². The van der Waals surface area contributed by atoms with Crippen LogP contribution < -0.4 is 0 Å². The number of carboxylic acid groups (broad SMARTS) is 1. The SMILES string of the molecule is CC(=O)OC1C(CO)OC(C(C)C(=O)O)C(OC(C)=O)C1OC(C)=O. The van der Waals surface area contributed by atoms with Crippen molar-refractivity contribution in [2.24, 2.45) is 5.92 Å². The number of esters is 3. The van der Waals surface area contributed by atoms with Gasteiger partial charge >= 0.3 is 23.9 Å². The summed E-state index contributed by atoms with van der Waals surface area (Å²) in [6, 6.07) is 0. The van der Waals surface area contributed by atoms with Crippen molar-refractivity contribution in [3.05, 3.63) is 0 Å². The first-order valence-electron chi connectivity index (χ1n) is 7.59. The average Bonchev–Trinajstić information content (AvgIpc) is 2.48. The molecule has 0 aliphatic carbocycles. The lowest BCUT2D eigenvalue weighted by Crippen LogP contribution is -2.64. The topological polar surface area (TPSA) is 146 Å². The molecule has 1 heterocycles. The van der Waals surface area contributed by atoms with Crippen LogP contribution >= 0.6 is 0 Å². The summed E-state index contributed by atoms with van der Waals surface area (Å²) in [6.45, 7) is 3.97. The van der Waals surface area contributed by atoms with Crippen LogP contribution in [0.4, 0.5) is 0 Å². The second-order valence-corrected chi connectivity index (χ2v) is 5.67. The Morgan fingerprint density at radius 3 is 1.76 bits per heavy atom. The molecule has 6 atom stereocenters. The van der Waals surface area contributed by atoms with Crippen molar-refractivity contribution in [1.82, 2.24) is 0 Å². The van der Waals surface area contributed by atoms with E-state index in [0.29, 0.717) is 0 Å². The molecule has 0 aromatic carbocycles. The van der Waals surface area contributed by atoms with E-state index in [-0.39, 0.29) is 0 Å². The monoisotopic (exact) mass is 362 g/mol. The summed E-state index contributed by atoms with van der Waals surface area (Å²) >= 11 is 0. The van der Waals surface area contributed by atoms with Gasteiger partial charge in [-0.2, -0.15) is 0 Å². The van der Waals surface area contributed by atoms with Crippen molar-refractivity contribution >= 4 is 23.9 Å². The fraction of sp³-hybridized carbons (Fsp3) is 0.733. The van der Waals surface area contributed by atoms with Crippen LogP contribution in [-0.4, -0.2) is 71.2 Å². The lowest BCUT2D eigenvalue weighted by molar-refractivity contribution is -0.258. The number of carbonyl (C=O) groups is 4. The number of hydrogen-bond donors (Lipinski definition) is 2. The number of aliphatic hydroxyl groups is 1. The summed E-state index contributed by atoms with van der Waals surface area (Å²) in [4.78, 5) is 45.6. The molecule has 0 amide bonds. The van der Waals surface area contributed by atoms with Crippen molar-refractivity contribution < 1.29 is 48.3 Å². The molecule has 6 unspecified atom stereocenters. The first-order chi connectivity index (χ1) is 11.6.